The van der Waals surface area contributed by atoms with Crippen LogP contribution in [-0.4, -0.2) is 18.2 Å². The molecule has 2 aromatic carbocycles. The minimum Gasteiger partial charge on any atom is -0.398 e. The molecule has 0 aromatic heterocycles. The van der Waals surface area contributed by atoms with Crippen molar-refractivity contribution >= 4 is 40.9 Å². The molecule has 4 nitrogen and oxygen atoms in total. The molecule has 1 unspecified atom stereocenters. The van der Waals surface area contributed by atoms with E-state index in [9.17, 15) is 18.0 Å². The van der Waals surface area contributed by atoms with Gasteiger partial charge in [-0.1, -0.05) is 34.4 Å². The second kappa shape index (κ2) is 6.48. The van der Waals surface area contributed by atoms with E-state index in [1.54, 1.807) is 0 Å². The van der Waals surface area contributed by atoms with E-state index in [0.717, 1.165) is 12.1 Å². The molecule has 0 fully saturated rings. The number of carbonyl (C=O) groups excluding carboxylic acids is 1. The molecular weight excluding hydrogens is 392 g/mol. The Morgan fingerprint density at radius 3 is 2.35 bits per heavy atom. The molecule has 0 saturated carbocycles. The summed E-state index contributed by atoms with van der Waals surface area (Å²) in [7, 11) is 0. The van der Waals surface area contributed by atoms with Gasteiger partial charge < -0.3 is 10.6 Å². The molecule has 1 atom stereocenters. The normalized spacial score (nSPS) is 19.8. The number of rotatable bonds is 3. The minimum absolute atomic E-state index is 0.0440. The van der Waals surface area contributed by atoms with Gasteiger partial charge in [-0.15, -0.1) is 0 Å². The van der Waals surface area contributed by atoms with Crippen LogP contribution in [0.25, 0.3) is 0 Å². The molecule has 1 heterocycles. The zero-order valence-corrected chi connectivity index (χ0v) is 14.5. The molecule has 0 saturated heterocycles. The maximum Gasteiger partial charge on any atom is 0.435 e. The van der Waals surface area contributed by atoms with Crippen molar-refractivity contribution in [3.8, 4) is 0 Å². The van der Waals surface area contributed by atoms with E-state index >= 15 is 0 Å². The number of nitrogens with two attached hydrogens (primary N) is 1. The molecule has 0 radical (unpaired) electrons. The van der Waals surface area contributed by atoms with Crippen LogP contribution in [0.15, 0.2) is 41.6 Å². The Balaban J connectivity index is 2.03. The smallest absolute Gasteiger partial charge is 0.398 e. The number of hydrogen-bond donors (Lipinski definition) is 1. The van der Waals surface area contributed by atoms with E-state index in [1.165, 1.54) is 24.3 Å². The number of aldehydes is 1. The van der Waals surface area contributed by atoms with Crippen molar-refractivity contribution < 1.29 is 22.8 Å². The van der Waals surface area contributed by atoms with Gasteiger partial charge in [0.25, 0.3) is 5.60 Å². The summed E-state index contributed by atoms with van der Waals surface area (Å²) in [5.74, 6) is 0. The van der Waals surface area contributed by atoms with E-state index < -0.39 is 18.2 Å². The summed E-state index contributed by atoms with van der Waals surface area (Å²) in [4.78, 5) is 15.7. The molecule has 3 rings (SSSR count). The third-order valence-corrected chi connectivity index (χ3v) is 4.50. The lowest BCUT2D eigenvalue weighted by Gasteiger charge is -2.29. The Morgan fingerprint density at radius 1 is 1.15 bits per heavy atom. The molecule has 0 spiro atoms. The summed E-state index contributed by atoms with van der Waals surface area (Å²) in [6, 6.07) is 7.85. The van der Waals surface area contributed by atoms with Crippen molar-refractivity contribution in [2.45, 2.75) is 18.2 Å². The maximum absolute atomic E-state index is 13.9. The summed E-state index contributed by atoms with van der Waals surface area (Å²) in [6.07, 6.45) is -4.81. The lowest BCUT2D eigenvalue weighted by Crippen LogP contribution is -2.42. The summed E-state index contributed by atoms with van der Waals surface area (Å²) in [5.41, 5.74) is 3.49. The average Bonchev–Trinajstić information content (AvgIpc) is 3.00. The highest BCUT2D eigenvalue weighted by Crippen LogP contribution is 2.49. The zero-order valence-electron chi connectivity index (χ0n) is 13.0. The molecule has 26 heavy (non-hydrogen) atoms. The van der Waals surface area contributed by atoms with Crippen LogP contribution in [0.4, 0.5) is 18.9 Å². The zero-order chi connectivity index (χ0) is 19.1. The van der Waals surface area contributed by atoms with Crippen molar-refractivity contribution in [1.82, 2.24) is 0 Å². The number of nitrogen functional groups attached to an aromatic ring is 1. The topological polar surface area (TPSA) is 64.7 Å². The Morgan fingerprint density at radius 2 is 1.81 bits per heavy atom. The Bertz CT molecular complexity index is 895. The van der Waals surface area contributed by atoms with E-state index in [1.807, 2.05) is 0 Å². The fourth-order valence-electron chi connectivity index (χ4n) is 2.71. The maximum atomic E-state index is 13.9. The van der Waals surface area contributed by atoms with Crippen molar-refractivity contribution in [1.29, 1.82) is 0 Å². The van der Waals surface area contributed by atoms with Crippen molar-refractivity contribution in [3.63, 3.8) is 0 Å². The first-order chi connectivity index (χ1) is 12.2. The number of halogens is 5. The third kappa shape index (κ3) is 3.12. The van der Waals surface area contributed by atoms with Crippen LogP contribution >= 0.6 is 23.2 Å². The highest BCUT2D eigenvalue weighted by atomic mass is 35.5. The molecule has 9 heteroatoms. The lowest BCUT2D eigenvalue weighted by atomic mass is 9.86. The molecule has 2 aromatic rings. The van der Waals surface area contributed by atoms with Crippen LogP contribution in [0.3, 0.4) is 0 Å². The van der Waals surface area contributed by atoms with Crippen LogP contribution < -0.4 is 5.73 Å². The first-order valence-electron chi connectivity index (χ1n) is 7.30. The van der Waals surface area contributed by atoms with Gasteiger partial charge in [0.2, 0.25) is 0 Å². The average molecular weight is 403 g/mol. The van der Waals surface area contributed by atoms with E-state index in [0.29, 0.717) is 11.8 Å². The van der Waals surface area contributed by atoms with Crippen LogP contribution in [0, 0.1) is 0 Å². The van der Waals surface area contributed by atoms with Crippen molar-refractivity contribution in [2.75, 3.05) is 5.73 Å². The van der Waals surface area contributed by atoms with Gasteiger partial charge in [-0.3, -0.25) is 4.79 Å². The fraction of sp³-hybridized carbons (Fsp3) is 0.176. The van der Waals surface area contributed by atoms with Crippen molar-refractivity contribution in [2.24, 2.45) is 5.16 Å². The molecular formula is C17H11Cl2F3N2O2. The predicted molar refractivity (Wildman–Crippen MR) is 92.7 cm³/mol. The molecule has 1 aliphatic heterocycles. The monoisotopic (exact) mass is 402 g/mol. The first kappa shape index (κ1) is 18.5. The van der Waals surface area contributed by atoms with Gasteiger partial charge in [0.15, 0.2) is 6.29 Å². The first-order valence-corrected chi connectivity index (χ1v) is 8.05. The summed E-state index contributed by atoms with van der Waals surface area (Å²) < 4.78 is 41.7. The van der Waals surface area contributed by atoms with Crippen LogP contribution in [-0.2, 0) is 10.4 Å². The number of benzene rings is 2. The highest BCUT2D eigenvalue weighted by Gasteiger charge is 2.62. The van der Waals surface area contributed by atoms with E-state index in [2.05, 4.69) is 5.16 Å². The molecule has 0 amide bonds. The largest absolute Gasteiger partial charge is 0.435 e. The van der Waals surface area contributed by atoms with Crippen molar-refractivity contribution in [3.05, 3.63) is 63.1 Å². The number of carbonyl (C=O) groups is 1. The summed E-state index contributed by atoms with van der Waals surface area (Å²) in [6.45, 7) is 0. The van der Waals surface area contributed by atoms with Gasteiger partial charge in [-0.05, 0) is 30.3 Å². The van der Waals surface area contributed by atoms with Crippen LogP contribution in [0.1, 0.15) is 27.9 Å². The SMILES string of the molecule is Nc1cc(C2=NOC(c3cc(Cl)cc(Cl)c3)(C(F)(F)F)C2)ccc1C=O. The second-order valence-electron chi connectivity index (χ2n) is 5.75. The molecule has 1 aliphatic rings. The fourth-order valence-corrected chi connectivity index (χ4v) is 3.23. The number of anilines is 1. The Kier molecular flexibility index (Phi) is 4.62. The second-order valence-corrected chi connectivity index (χ2v) is 6.62. The van der Waals surface area contributed by atoms with Gasteiger partial charge in [-0.25, -0.2) is 0 Å². The quantitative estimate of drug-likeness (QED) is 0.582. The molecule has 136 valence electrons. The molecule has 0 aliphatic carbocycles. The summed E-state index contributed by atoms with van der Waals surface area (Å²) >= 11 is 11.7. The van der Waals surface area contributed by atoms with Crippen LogP contribution in [0.5, 0.6) is 0 Å². The Labute approximate surface area is 156 Å². The third-order valence-electron chi connectivity index (χ3n) is 4.06. The minimum atomic E-state index is -4.78. The van der Waals surface area contributed by atoms with Gasteiger partial charge in [-0.2, -0.15) is 13.2 Å². The van der Waals surface area contributed by atoms with Gasteiger partial charge in [0.1, 0.15) is 0 Å². The highest BCUT2D eigenvalue weighted by molar-refractivity contribution is 6.34. The number of nitrogens with zero attached hydrogens (tertiary/aromatic N) is 1. The summed E-state index contributed by atoms with van der Waals surface area (Å²) in [5, 5.41) is 3.72. The van der Waals surface area contributed by atoms with Gasteiger partial charge in [0, 0.05) is 38.8 Å². The molecule has 2 N–H and O–H groups in total. The predicted octanol–water partition coefficient (Wildman–Crippen LogP) is 4.97. The van der Waals surface area contributed by atoms with E-state index in [4.69, 9.17) is 33.8 Å². The number of hydrogen-bond acceptors (Lipinski definition) is 4. The van der Waals surface area contributed by atoms with Crippen LogP contribution in [0.2, 0.25) is 10.0 Å². The van der Waals surface area contributed by atoms with E-state index in [-0.39, 0.29) is 32.6 Å². The van der Waals surface area contributed by atoms with Gasteiger partial charge in [0.05, 0.1) is 5.71 Å². The standard InChI is InChI=1S/C17H11Cl2F3N2O2/c18-12-4-11(5-13(19)6-12)16(17(20,21)22)7-15(24-26-16)9-1-2-10(8-25)14(23)3-9/h1-6,8H,7,23H2. The number of oxime groups is 1. The lowest BCUT2D eigenvalue weighted by molar-refractivity contribution is -0.275. The molecule has 0 bridgehead atoms. The Hall–Kier alpha value is -2.25. The van der Waals surface area contributed by atoms with Gasteiger partial charge >= 0.3 is 6.18 Å². The number of alkyl halides is 3.